The van der Waals surface area contributed by atoms with Crippen molar-refractivity contribution in [2.75, 3.05) is 28.4 Å². The lowest BCUT2D eigenvalue weighted by molar-refractivity contribution is 0.399. The molecule has 0 aliphatic rings. The monoisotopic (exact) mass is 328 g/mol. The minimum absolute atomic E-state index is 0.794. The second-order valence-electron chi connectivity index (χ2n) is 5.46. The van der Waals surface area contributed by atoms with Crippen LogP contribution in [0.1, 0.15) is 22.3 Å². The molecule has 24 heavy (non-hydrogen) atoms. The summed E-state index contributed by atoms with van der Waals surface area (Å²) in [6.07, 6.45) is 3.96. The van der Waals surface area contributed by atoms with E-state index in [1.165, 1.54) is 0 Å². The van der Waals surface area contributed by atoms with Crippen LogP contribution in [0, 0.1) is 13.8 Å². The first-order valence-electron chi connectivity index (χ1n) is 7.67. The summed E-state index contributed by atoms with van der Waals surface area (Å²) in [5, 5.41) is 0. The van der Waals surface area contributed by atoms with E-state index in [1.54, 1.807) is 28.4 Å². The molecule has 0 fully saturated rings. The Morgan fingerprint density at radius 3 is 1.17 bits per heavy atom. The van der Waals surface area contributed by atoms with Crippen LogP contribution in [-0.2, 0) is 0 Å². The van der Waals surface area contributed by atoms with Gasteiger partial charge in [-0.2, -0.15) is 0 Å². The van der Waals surface area contributed by atoms with Crippen LogP contribution in [0.5, 0.6) is 23.0 Å². The molecule has 0 N–H and O–H groups in total. The number of ether oxygens (including phenoxy) is 4. The van der Waals surface area contributed by atoms with Crippen LogP contribution in [0.25, 0.3) is 12.2 Å². The highest BCUT2D eigenvalue weighted by molar-refractivity contribution is 5.77. The maximum Gasteiger partial charge on any atom is 0.126 e. The molecule has 0 radical (unpaired) electrons. The van der Waals surface area contributed by atoms with Crippen molar-refractivity contribution in [3.05, 3.63) is 46.5 Å². The van der Waals surface area contributed by atoms with Gasteiger partial charge in [-0.25, -0.2) is 0 Å². The summed E-state index contributed by atoms with van der Waals surface area (Å²) < 4.78 is 21.7. The Labute approximate surface area is 143 Å². The molecule has 0 saturated heterocycles. The van der Waals surface area contributed by atoms with Crippen LogP contribution in [0.2, 0.25) is 0 Å². The molecule has 4 heteroatoms. The Morgan fingerprint density at radius 1 is 0.542 bits per heavy atom. The third-order valence-corrected chi connectivity index (χ3v) is 3.94. The summed E-state index contributed by atoms with van der Waals surface area (Å²) in [6.45, 7) is 3.98. The first kappa shape index (κ1) is 17.7. The molecule has 0 aliphatic carbocycles. The van der Waals surface area contributed by atoms with Crippen LogP contribution in [0.3, 0.4) is 0 Å². The second kappa shape index (κ2) is 7.77. The summed E-state index contributed by atoms with van der Waals surface area (Å²) in [7, 11) is 6.65. The fourth-order valence-corrected chi connectivity index (χ4v) is 2.59. The van der Waals surface area contributed by atoms with E-state index in [0.717, 1.165) is 45.3 Å². The molecule has 0 spiro atoms. The molecular weight excluding hydrogens is 304 g/mol. The van der Waals surface area contributed by atoms with Gasteiger partial charge in [-0.05, 0) is 49.2 Å². The van der Waals surface area contributed by atoms with Crippen molar-refractivity contribution in [2.24, 2.45) is 0 Å². The van der Waals surface area contributed by atoms with Crippen molar-refractivity contribution in [1.82, 2.24) is 0 Å². The van der Waals surface area contributed by atoms with Gasteiger partial charge in [0.05, 0.1) is 28.4 Å². The minimum Gasteiger partial charge on any atom is -0.496 e. The highest BCUT2D eigenvalue weighted by atomic mass is 16.5. The lowest BCUT2D eigenvalue weighted by atomic mass is 10.1. The molecule has 2 rings (SSSR count). The number of aryl methyl sites for hydroxylation is 2. The zero-order valence-electron chi connectivity index (χ0n) is 15.1. The molecule has 0 unspecified atom stereocenters. The summed E-state index contributed by atoms with van der Waals surface area (Å²) in [5.74, 6) is 3.23. The zero-order valence-corrected chi connectivity index (χ0v) is 15.1. The minimum atomic E-state index is 0.794. The fraction of sp³-hybridized carbons (Fsp3) is 0.300. The van der Waals surface area contributed by atoms with Gasteiger partial charge in [-0.1, -0.05) is 12.2 Å². The quantitative estimate of drug-likeness (QED) is 0.731. The first-order valence-corrected chi connectivity index (χ1v) is 7.67. The van der Waals surface area contributed by atoms with Crippen LogP contribution in [0.4, 0.5) is 0 Å². The molecule has 0 aromatic heterocycles. The second-order valence-corrected chi connectivity index (χ2v) is 5.46. The number of methoxy groups -OCH3 is 4. The average Bonchev–Trinajstić information content (AvgIpc) is 2.60. The van der Waals surface area contributed by atoms with Gasteiger partial charge in [0.25, 0.3) is 0 Å². The molecular formula is C20H24O4. The van der Waals surface area contributed by atoms with Crippen molar-refractivity contribution < 1.29 is 18.9 Å². The largest absolute Gasteiger partial charge is 0.496 e. The molecule has 0 atom stereocenters. The third kappa shape index (κ3) is 3.65. The number of benzene rings is 2. The number of hydrogen-bond donors (Lipinski definition) is 0. The van der Waals surface area contributed by atoms with E-state index in [2.05, 4.69) is 0 Å². The van der Waals surface area contributed by atoms with Crippen molar-refractivity contribution in [3.63, 3.8) is 0 Å². The topological polar surface area (TPSA) is 36.9 Å². The smallest absolute Gasteiger partial charge is 0.126 e. The van der Waals surface area contributed by atoms with Gasteiger partial charge < -0.3 is 18.9 Å². The van der Waals surface area contributed by atoms with E-state index in [1.807, 2.05) is 50.3 Å². The molecule has 0 saturated carbocycles. The van der Waals surface area contributed by atoms with Crippen LogP contribution >= 0.6 is 0 Å². The molecule has 0 aliphatic heterocycles. The van der Waals surface area contributed by atoms with Gasteiger partial charge in [-0.3, -0.25) is 0 Å². The maximum atomic E-state index is 5.47. The Kier molecular flexibility index (Phi) is 5.74. The summed E-state index contributed by atoms with van der Waals surface area (Å²) >= 11 is 0. The van der Waals surface area contributed by atoms with Gasteiger partial charge >= 0.3 is 0 Å². The Balaban J connectivity index is 2.47. The van der Waals surface area contributed by atoms with Crippen molar-refractivity contribution in [3.8, 4) is 23.0 Å². The van der Waals surface area contributed by atoms with Crippen LogP contribution < -0.4 is 18.9 Å². The Bertz CT molecular complexity index is 684. The normalized spacial score (nSPS) is 10.8. The number of rotatable bonds is 6. The van der Waals surface area contributed by atoms with Crippen molar-refractivity contribution in [2.45, 2.75) is 13.8 Å². The zero-order chi connectivity index (χ0) is 17.7. The van der Waals surface area contributed by atoms with E-state index in [4.69, 9.17) is 18.9 Å². The van der Waals surface area contributed by atoms with Crippen molar-refractivity contribution >= 4 is 12.2 Å². The highest BCUT2D eigenvalue weighted by Gasteiger charge is 2.09. The molecule has 2 aromatic carbocycles. The standard InChI is InChI=1S/C20H24O4/c1-13-9-19(23-5)15(11-17(13)21-3)7-8-16-12-18(22-4)14(2)10-20(16)24-6/h7-12H,1-6H3/b8-7+. The van der Waals surface area contributed by atoms with Gasteiger partial charge in [-0.15, -0.1) is 0 Å². The highest BCUT2D eigenvalue weighted by Crippen LogP contribution is 2.32. The summed E-state index contributed by atoms with van der Waals surface area (Å²) in [5.41, 5.74) is 3.92. The average molecular weight is 328 g/mol. The van der Waals surface area contributed by atoms with Crippen LogP contribution in [0.15, 0.2) is 24.3 Å². The van der Waals surface area contributed by atoms with Gasteiger partial charge in [0.1, 0.15) is 23.0 Å². The van der Waals surface area contributed by atoms with Gasteiger partial charge in [0.2, 0.25) is 0 Å². The molecule has 4 nitrogen and oxygen atoms in total. The molecule has 0 heterocycles. The first-order chi connectivity index (χ1) is 11.5. The predicted molar refractivity (Wildman–Crippen MR) is 97.5 cm³/mol. The SMILES string of the molecule is COc1cc(/C=C/c2cc(OC)c(C)cc2OC)c(OC)cc1C. The van der Waals surface area contributed by atoms with Crippen molar-refractivity contribution in [1.29, 1.82) is 0 Å². The lowest BCUT2D eigenvalue weighted by Gasteiger charge is -2.12. The molecule has 0 bridgehead atoms. The van der Waals surface area contributed by atoms with E-state index in [-0.39, 0.29) is 0 Å². The Hall–Kier alpha value is -2.62. The third-order valence-electron chi connectivity index (χ3n) is 3.94. The molecule has 2 aromatic rings. The molecule has 128 valence electrons. The van der Waals surface area contributed by atoms with Gasteiger partial charge in [0.15, 0.2) is 0 Å². The Morgan fingerprint density at radius 2 is 0.875 bits per heavy atom. The van der Waals surface area contributed by atoms with E-state index in [0.29, 0.717) is 0 Å². The van der Waals surface area contributed by atoms with Crippen LogP contribution in [-0.4, -0.2) is 28.4 Å². The summed E-state index contributed by atoms with van der Waals surface area (Å²) in [6, 6.07) is 7.85. The summed E-state index contributed by atoms with van der Waals surface area (Å²) in [4.78, 5) is 0. The van der Waals surface area contributed by atoms with Gasteiger partial charge in [0, 0.05) is 11.1 Å². The fourth-order valence-electron chi connectivity index (χ4n) is 2.59. The predicted octanol–water partition coefficient (Wildman–Crippen LogP) is 4.51. The van der Waals surface area contributed by atoms with E-state index in [9.17, 15) is 0 Å². The number of hydrogen-bond acceptors (Lipinski definition) is 4. The lowest BCUT2D eigenvalue weighted by Crippen LogP contribution is -1.94. The van der Waals surface area contributed by atoms with E-state index < -0.39 is 0 Å². The molecule has 0 amide bonds. The maximum absolute atomic E-state index is 5.47. The van der Waals surface area contributed by atoms with E-state index >= 15 is 0 Å².